The minimum absolute atomic E-state index is 0.262. The van der Waals surface area contributed by atoms with Crippen LogP contribution in [-0.2, 0) is 23.0 Å². The SMILES string of the molecule is Cc1nc2ccc(S(=O)(=O)Nc3ccc4c(c3)CCNC4)cc2s1. The van der Waals surface area contributed by atoms with Crippen LogP contribution in [0.5, 0.6) is 0 Å². The Labute approximate surface area is 144 Å². The van der Waals surface area contributed by atoms with Crippen molar-refractivity contribution in [3.05, 3.63) is 52.5 Å². The van der Waals surface area contributed by atoms with E-state index >= 15 is 0 Å². The third-order valence-electron chi connectivity index (χ3n) is 4.12. The predicted octanol–water partition coefficient (Wildman–Crippen LogP) is 3.05. The first-order chi connectivity index (χ1) is 11.5. The molecule has 0 saturated carbocycles. The van der Waals surface area contributed by atoms with E-state index in [1.165, 1.54) is 22.5 Å². The van der Waals surface area contributed by atoms with Gasteiger partial charge in [-0.3, -0.25) is 4.72 Å². The van der Waals surface area contributed by atoms with Gasteiger partial charge in [-0.15, -0.1) is 11.3 Å². The largest absolute Gasteiger partial charge is 0.312 e. The number of hydrogen-bond acceptors (Lipinski definition) is 5. The van der Waals surface area contributed by atoms with Gasteiger partial charge in [-0.05, 0) is 61.3 Å². The molecule has 2 heterocycles. The van der Waals surface area contributed by atoms with E-state index in [1.807, 2.05) is 25.1 Å². The molecule has 24 heavy (non-hydrogen) atoms. The molecule has 2 aromatic carbocycles. The van der Waals surface area contributed by atoms with Crippen LogP contribution in [0.2, 0.25) is 0 Å². The Kier molecular flexibility index (Phi) is 3.79. The maximum atomic E-state index is 12.7. The van der Waals surface area contributed by atoms with E-state index in [1.54, 1.807) is 18.2 Å². The van der Waals surface area contributed by atoms with Gasteiger partial charge in [0.25, 0.3) is 10.0 Å². The second-order valence-electron chi connectivity index (χ2n) is 5.88. The zero-order valence-corrected chi connectivity index (χ0v) is 14.8. The average molecular weight is 359 g/mol. The quantitative estimate of drug-likeness (QED) is 0.754. The molecular weight excluding hydrogens is 342 g/mol. The fraction of sp³-hybridized carbons (Fsp3) is 0.235. The first kappa shape index (κ1) is 15.6. The number of thiazole rings is 1. The lowest BCUT2D eigenvalue weighted by Gasteiger charge is -2.18. The lowest BCUT2D eigenvalue weighted by molar-refractivity contribution is 0.601. The number of hydrogen-bond donors (Lipinski definition) is 2. The van der Waals surface area contributed by atoms with Crippen LogP contribution in [-0.4, -0.2) is 19.9 Å². The molecule has 4 rings (SSSR count). The number of rotatable bonds is 3. The lowest BCUT2D eigenvalue weighted by Crippen LogP contribution is -2.23. The molecule has 0 radical (unpaired) electrons. The van der Waals surface area contributed by atoms with E-state index in [4.69, 9.17) is 0 Å². The Morgan fingerprint density at radius 3 is 2.92 bits per heavy atom. The first-order valence-corrected chi connectivity index (χ1v) is 10.0. The van der Waals surface area contributed by atoms with Crippen LogP contribution in [0.1, 0.15) is 16.1 Å². The minimum atomic E-state index is -3.61. The van der Waals surface area contributed by atoms with Crippen LogP contribution < -0.4 is 10.0 Å². The first-order valence-electron chi connectivity index (χ1n) is 7.74. The summed E-state index contributed by atoms with van der Waals surface area (Å²) in [5.74, 6) is 0. The number of aromatic nitrogens is 1. The van der Waals surface area contributed by atoms with E-state index in [0.717, 1.165) is 34.7 Å². The Balaban J connectivity index is 1.66. The molecule has 0 aliphatic carbocycles. The number of aryl methyl sites for hydroxylation is 1. The van der Waals surface area contributed by atoms with Crippen LogP contribution in [0.3, 0.4) is 0 Å². The Bertz CT molecular complexity index is 1030. The molecule has 0 spiro atoms. The maximum absolute atomic E-state index is 12.7. The third-order valence-corrected chi connectivity index (χ3v) is 6.43. The van der Waals surface area contributed by atoms with Crippen molar-refractivity contribution in [1.82, 2.24) is 10.3 Å². The molecule has 0 atom stereocenters. The van der Waals surface area contributed by atoms with Gasteiger partial charge in [-0.2, -0.15) is 0 Å². The van der Waals surface area contributed by atoms with Crippen molar-refractivity contribution in [2.75, 3.05) is 11.3 Å². The lowest BCUT2D eigenvalue weighted by atomic mass is 10.0. The van der Waals surface area contributed by atoms with Crippen LogP contribution >= 0.6 is 11.3 Å². The van der Waals surface area contributed by atoms with Gasteiger partial charge in [0, 0.05) is 12.2 Å². The van der Waals surface area contributed by atoms with Gasteiger partial charge in [0.2, 0.25) is 0 Å². The van der Waals surface area contributed by atoms with Crippen molar-refractivity contribution in [3.8, 4) is 0 Å². The summed E-state index contributed by atoms with van der Waals surface area (Å²) in [6.45, 7) is 3.67. The number of fused-ring (bicyclic) bond motifs is 2. The highest BCUT2D eigenvalue weighted by Gasteiger charge is 2.17. The Morgan fingerprint density at radius 1 is 1.17 bits per heavy atom. The van der Waals surface area contributed by atoms with Crippen molar-refractivity contribution in [2.45, 2.75) is 24.8 Å². The summed E-state index contributed by atoms with van der Waals surface area (Å²) in [5, 5.41) is 4.24. The Morgan fingerprint density at radius 2 is 2.04 bits per heavy atom. The van der Waals surface area contributed by atoms with Gasteiger partial charge >= 0.3 is 0 Å². The van der Waals surface area contributed by atoms with Gasteiger partial charge in [0.05, 0.1) is 20.1 Å². The number of sulfonamides is 1. The van der Waals surface area contributed by atoms with Crippen molar-refractivity contribution in [2.24, 2.45) is 0 Å². The summed E-state index contributed by atoms with van der Waals surface area (Å²) in [6.07, 6.45) is 0.914. The topological polar surface area (TPSA) is 71.1 Å². The molecule has 2 N–H and O–H groups in total. The molecule has 0 fully saturated rings. The molecule has 1 aliphatic heterocycles. The molecule has 0 unspecified atom stereocenters. The van der Waals surface area contributed by atoms with E-state index in [-0.39, 0.29) is 4.90 Å². The molecule has 1 aliphatic rings. The fourth-order valence-electron chi connectivity index (χ4n) is 2.94. The zero-order chi connectivity index (χ0) is 16.7. The van der Waals surface area contributed by atoms with Crippen molar-refractivity contribution in [1.29, 1.82) is 0 Å². The average Bonchev–Trinajstić information content (AvgIpc) is 2.93. The zero-order valence-electron chi connectivity index (χ0n) is 13.2. The highest BCUT2D eigenvalue weighted by molar-refractivity contribution is 7.92. The van der Waals surface area contributed by atoms with Crippen molar-refractivity contribution in [3.63, 3.8) is 0 Å². The fourth-order valence-corrected chi connectivity index (χ4v) is 4.96. The Hall–Kier alpha value is -1.96. The molecular formula is C17H17N3O2S2. The summed E-state index contributed by atoms with van der Waals surface area (Å²) >= 11 is 1.50. The number of nitrogens with one attached hydrogen (secondary N) is 2. The number of nitrogens with zero attached hydrogens (tertiary/aromatic N) is 1. The van der Waals surface area contributed by atoms with Gasteiger partial charge < -0.3 is 5.32 Å². The van der Waals surface area contributed by atoms with Crippen molar-refractivity contribution < 1.29 is 8.42 Å². The van der Waals surface area contributed by atoms with Crippen LogP contribution in [0, 0.1) is 6.92 Å². The number of benzene rings is 2. The molecule has 7 heteroatoms. The van der Waals surface area contributed by atoms with Crippen molar-refractivity contribution >= 4 is 37.3 Å². The molecule has 0 amide bonds. The minimum Gasteiger partial charge on any atom is -0.312 e. The summed E-state index contributed by atoms with van der Waals surface area (Å²) in [6, 6.07) is 10.8. The van der Waals surface area contributed by atoms with Crippen LogP contribution in [0.15, 0.2) is 41.3 Å². The smallest absolute Gasteiger partial charge is 0.261 e. The van der Waals surface area contributed by atoms with E-state index in [0.29, 0.717) is 5.69 Å². The second-order valence-corrected chi connectivity index (χ2v) is 8.80. The third kappa shape index (κ3) is 2.90. The molecule has 0 bridgehead atoms. The maximum Gasteiger partial charge on any atom is 0.261 e. The van der Waals surface area contributed by atoms with Gasteiger partial charge in [0.15, 0.2) is 0 Å². The predicted molar refractivity (Wildman–Crippen MR) is 97.0 cm³/mol. The normalized spacial score (nSPS) is 14.5. The number of anilines is 1. The molecule has 1 aromatic heterocycles. The van der Waals surface area contributed by atoms with E-state index < -0.39 is 10.0 Å². The molecule has 0 saturated heterocycles. The van der Waals surface area contributed by atoms with E-state index in [2.05, 4.69) is 15.0 Å². The van der Waals surface area contributed by atoms with E-state index in [9.17, 15) is 8.42 Å². The van der Waals surface area contributed by atoms with Gasteiger partial charge in [-0.1, -0.05) is 6.07 Å². The highest BCUT2D eigenvalue weighted by atomic mass is 32.2. The highest BCUT2D eigenvalue weighted by Crippen LogP contribution is 2.26. The molecule has 124 valence electrons. The summed E-state index contributed by atoms with van der Waals surface area (Å²) < 4.78 is 28.9. The molecule has 5 nitrogen and oxygen atoms in total. The summed E-state index contributed by atoms with van der Waals surface area (Å²) in [4.78, 5) is 4.63. The summed E-state index contributed by atoms with van der Waals surface area (Å²) in [5.41, 5.74) is 3.86. The summed E-state index contributed by atoms with van der Waals surface area (Å²) in [7, 11) is -3.61. The second kappa shape index (κ2) is 5.84. The van der Waals surface area contributed by atoms with Crippen LogP contribution in [0.4, 0.5) is 5.69 Å². The standard InChI is InChI=1S/C17H17N3O2S2/c1-11-19-16-5-4-15(9-17(16)23-11)24(21,22)20-14-3-2-13-10-18-7-6-12(13)8-14/h2-5,8-9,18,20H,6-7,10H2,1H3. The monoisotopic (exact) mass is 359 g/mol. The van der Waals surface area contributed by atoms with Crippen LogP contribution in [0.25, 0.3) is 10.2 Å². The molecule has 3 aromatic rings. The van der Waals surface area contributed by atoms with Gasteiger partial charge in [0.1, 0.15) is 0 Å². The van der Waals surface area contributed by atoms with Gasteiger partial charge in [-0.25, -0.2) is 13.4 Å².